The van der Waals surface area contributed by atoms with Gasteiger partial charge in [-0.15, -0.1) is 0 Å². The van der Waals surface area contributed by atoms with Crippen molar-refractivity contribution in [1.29, 1.82) is 0 Å². The molecule has 2 heterocycles. The Kier molecular flexibility index (Phi) is 4.22. The summed E-state index contributed by atoms with van der Waals surface area (Å²) in [7, 11) is 0. The molecule has 0 unspecified atom stereocenters. The number of pyridine rings is 1. The monoisotopic (exact) mass is 331 g/mol. The average molecular weight is 331 g/mol. The minimum absolute atomic E-state index is 0.141. The minimum atomic E-state index is -2.62. The zero-order chi connectivity index (χ0) is 17.3. The van der Waals surface area contributed by atoms with Crippen molar-refractivity contribution in [2.45, 2.75) is 38.7 Å². The van der Waals surface area contributed by atoms with E-state index in [9.17, 15) is 13.6 Å². The van der Waals surface area contributed by atoms with Crippen molar-refractivity contribution in [1.82, 2.24) is 9.55 Å². The first-order valence-corrected chi connectivity index (χ1v) is 7.93. The third-order valence-corrected chi connectivity index (χ3v) is 4.26. The standard InChI is InChI=1S/C18H19F2N3O/c1-3-16(24)22-13-9-14-15(11-23(4-2)17(14)21-10-13)12-5-7-18(19,20)8-6-12/h3,5,9-11H,1,4,6-8H2,2H3,(H,22,24). The van der Waals surface area contributed by atoms with E-state index in [-0.39, 0.29) is 18.7 Å². The molecule has 0 fully saturated rings. The van der Waals surface area contributed by atoms with Gasteiger partial charge in [-0.3, -0.25) is 4.79 Å². The van der Waals surface area contributed by atoms with Gasteiger partial charge in [0, 0.05) is 36.5 Å². The number of anilines is 1. The molecule has 6 heteroatoms. The van der Waals surface area contributed by atoms with E-state index in [0.717, 1.165) is 28.7 Å². The third kappa shape index (κ3) is 3.09. The minimum Gasteiger partial charge on any atom is -0.332 e. The van der Waals surface area contributed by atoms with Crippen molar-refractivity contribution in [3.05, 3.63) is 42.8 Å². The van der Waals surface area contributed by atoms with Crippen LogP contribution in [0.2, 0.25) is 0 Å². The summed E-state index contributed by atoms with van der Waals surface area (Å²) < 4.78 is 28.8. The van der Waals surface area contributed by atoms with Crippen LogP contribution in [0, 0.1) is 0 Å². The number of nitrogens with zero attached hydrogens (tertiary/aromatic N) is 2. The first kappa shape index (κ1) is 16.4. The largest absolute Gasteiger partial charge is 0.332 e. The fraction of sp³-hybridized carbons (Fsp3) is 0.333. The van der Waals surface area contributed by atoms with Crippen LogP contribution < -0.4 is 5.32 Å². The maximum atomic E-state index is 13.4. The second-order valence-electron chi connectivity index (χ2n) is 5.91. The molecule has 1 amide bonds. The van der Waals surface area contributed by atoms with E-state index >= 15 is 0 Å². The van der Waals surface area contributed by atoms with Crippen molar-refractivity contribution in [2.24, 2.45) is 0 Å². The molecule has 0 aliphatic heterocycles. The van der Waals surface area contributed by atoms with Gasteiger partial charge in [0.1, 0.15) is 5.65 Å². The highest BCUT2D eigenvalue weighted by Gasteiger charge is 2.31. The Morgan fingerprint density at radius 3 is 2.96 bits per heavy atom. The molecule has 3 rings (SSSR count). The molecule has 2 aromatic heterocycles. The Morgan fingerprint density at radius 1 is 1.54 bits per heavy atom. The average Bonchev–Trinajstić information content (AvgIpc) is 2.93. The van der Waals surface area contributed by atoms with Crippen LogP contribution in [0.5, 0.6) is 0 Å². The summed E-state index contributed by atoms with van der Waals surface area (Å²) in [5.41, 5.74) is 3.16. The van der Waals surface area contributed by atoms with Crippen molar-refractivity contribution in [3.8, 4) is 0 Å². The molecule has 2 aromatic rings. The maximum absolute atomic E-state index is 13.4. The molecular formula is C18H19F2N3O. The van der Waals surface area contributed by atoms with Gasteiger partial charge < -0.3 is 9.88 Å². The highest BCUT2D eigenvalue weighted by Crippen LogP contribution is 2.39. The van der Waals surface area contributed by atoms with Gasteiger partial charge in [-0.25, -0.2) is 13.8 Å². The summed E-state index contributed by atoms with van der Waals surface area (Å²) in [6.45, 7) is 6.15. The summed E-state index contributed by atoms with van der Waals surface area (Å²) >= 11 is 0. The Bertz CT molecular complexity index is 836. The van der Waals surface area contributed by atoms with Gasteiger partial charge >= 0.3 is 0 Å². The molecule has 0 aromatic carbocycles. The number of nitrogens with one attached hydrogen (secondary N) is 1. The molecule has 24 heavy (non-hydrogen) atoms. The summed E-state index contributed by atoms with van der Waals surface area (Å²) in [6.07, 6.45) is 6.30. The molecule has 1 aliphatic carbocycles. The highest BCUT2D eigenvalue weighted by atomic mass is 19.3. The SMILES string of the molecule is C=CC(=O)Nc1cnc2c(c1)c(C1=CCC(F)(F)CC1)cn2CC. The van der Waals surface area contributed by atoms with Gasteiger partial charge in [0.15, 0.2) is 0 Å². The number of aromatic nitrogens is 2. The van der Waals surface area contributed by atoms with Crippen molar-refractivity contribution in [2.75, 3.05) is 5.32 Å². The van der Waals surface area contributed by atoms with Crippen LogP contribution in [0.4, 0.5) is 14.5 Å². The molecule has 126 valence electrons. The molecule has 4 nitrogen and oxygen atoms in total. The summed E-state index contributed by atoms with van der Waals surface area (Å²) in [4.78, 5) is 15.9. The van der Waals surface area contributed by atoms with Crippen LogP contribution in [0.3, 0.4) is 0 Å². The van der Waals surface area contributed by atoms with E-state index < -0.39 is 5.92 Å². The molecule has 0 saturated heterocycles. The summed E-state index contributed by atoms with van der Waals surface area (Å²) in [5, 5.41) is 3.54. The second kappa shape index (κ2) is 6.19. The van der Waals surface area contributed by atoms with Gasteiger partial charge in [-0.05, 0) is 31.1 Å². The topological polar surface area (TPSA) is 46.9 Å². The number of amides is 1. The highest BCUT2D eigenvalue weighted by molar-refractivity contribution is 6.01. The number of rotatable bonds is 4. The van der Waals surface area contributed by atoms with Gasteiger partial charge in [0.25, 0.3) is 5.92 Å². The number of fused-ring (bicyclic) bond motifs is 1. The molecule has 1 aliphatic rings. The lowest BCUT2D eigenvalue weighted by molar-refractivity contribution is -0.111. The number of alkyl halides is 2. The first-order valence-electron chi connectivity index (χ1n) is 7.93. The summed E-state index contributed by atoms with van der Waals surface area (Å²) in [6, 6.07) is 1.83. The van der Waals surface area contributed by atoms with Crippen LogP contribution in [-0.4, -0.2) is 21.4 Å². The first-order chi connectivity index (χ1) is 11.4. The predicted octanol–water partition coefficient (Wildman–Crippen LogP) is 4.38. The molecule has 0 spiro atoms. The van der Waals surface area contributed by atoms with Gasteiger partial charge in [-0.2, -0.15) is 0 Å². The molecule has 0 radical (unpaired) electrons. The summed E-state index contributed by atoms with van der Waals surface area (Å²) in [5.74, 6) is -2.93. The molecule has 0 atom stereocenters. The third-order valence-electron chi connectivity index (χ3n) is 4.26. The van der Waals surface area contributed by atoms with Crippen LogP contribution in [0.15, 0.2) is 37.2 Å². The number of aryl methyl sites for hydroxylation is 1. The predicted molar refractivity (Wildman–Crippen MR) is 91.0 cm³/mol. The fourth-order valence-corrected chi connectivity index (χ4v) is 2.97. The molecule has 0 saturated carbocycles. The zero-order valence-electron chi connectivity index (χ0n) is 13.5. The van der Waals surface area contributed by atoms with Crippen molar-refractivity contribution in [3.63, 3.8) is 0 Å². The van der Waals surface area contributed by atoms with E-state index in [2.05, 4.69) is 16.9 Å². The van der Waals surface area contributed by atoms with E-state index in [1.807, 2.05) is 23.8 Å². The quantitative estimate of drug-likeness (QED) is 0.845. The van der Waals surface area contributed by atoms with Crippen molar-refractivity contribution < 1.29 is 13.6 Å². The fourth-order valence-electron chi connectivity index (χ4n) is 2.97. The van der Waals surface area contributed by atoms with E-state index in [1.165, 1.54) is 6.08 Å². The Hall–Kier alpha value is -2.50. The Morgan fingerprint density at radius 2 is 2.33 bits per heavy atom. The van der Waals surface area contributed by atoms with Gasteiger partial charge in [-0.1, -0.05) is 12.7 Å². The van der Waals surface area contributed by atoms with Gasteiger partial charge in [0.05, 0.1) is 11.9 Å². The number of allylic oxidation sites excluding steroid dienone is 2. The van der Waals surface area contributed by atoms with Crippen LogP contribution in [-0.2, 0) is 11.3 Å². The number of hydrogen-bond donors (Lipinski definition) is 1. The lowest BCUT2D eigenvalue weighted by Crippen LogP contribution is -2.18. The van der Waals surface area contributed by atoms with Crippen LogP contribution >= 0.6 is 0 Å². The normalized spacial score (nSPS) is 16.7. The zero-order valence-corrected chi connectivity index (χ0v) is 13.5. The number of carbonyl (C=O) groups is 1. The van der Waals surface area contributed by atoms with Crippen molar-refractivity contribution >= 4 is 28.2 Å². The van der Waals surface area contributed by atoms with Gasteiger partial charge in [0.2, 0.25) is 5.91 Å². The second-order valence-corrected chi connectivity index (χ2v) is 5.91. The molecule has 0 bridgehead atoms. The number of hydrogen-bond acceptors (Lipinski definition) is 2. The Labute approximate surface area is 138 Å². The lowest BCUT2D eigenvalue weighted by Gasteiger charge is -2.21. The molecular weight excluding hydrogens is 312 g/mol. The maximum Gasteiger partial charge on any atom is 0.251 e. The number of carbonyl (C=O) groups excluding carboxylic acids is 1. The van der Waals surface area contributed by atoms with Crippen LogP contribution in [0.25, 0.3) is 16.6 Å². The smallest absolute Gasteiger partial charge is 0.251 e. The van der Waals surface area contributed by atoms with Crippen LogP contribution in [0.1, 0.15) is 31.7 Å². The van der Waals surface area contributed by atoms with E-state index in [1.54, 1.807) is 12.3 Å². The molecule has 1 N–H and O–H groups in total. The van der Waals surface area contributed by atoms with E-state index in [0.29, 0.717) is 12.1 Å². The number of halogens is 2. The lowest BCUT2D eigenvalue weighted by atomic mass is 9.91. The Balaban J connectivity index is 2.06. The van der Waals surface area contributed by atoms with E-state index in [4.69, 9.17) is 0 Å².